The van der Waals surface area contributed by atoms with Crippen molar-refractivity contribution in [2.75, 3.05) is 5.32 Å². The monoisotopic (exact) mass is 252 g/mol. The molecule has 0 saturated heterocycles. The number of aromatic nitrogens is 1. The van der Waals surface area contributed by atoms with Crippen LogP contribution in [0.15, 0.2) is 35.2 Å². The third-order valence-corrected chi connectivity index (χ3v) is 2.80. The fraction of sp³-hybridized carbons (Fsp3) is 0.0909. The van der Waals surface area contributed by atoms with Gasteiger partial charge in [-0.25, -0.2) is 4.98 Å². The van der Waals surface area contributed by atoms with Crippen LogP contribution in [0.5, 0.6) is 0 Å². The lowest BCUT2D eigenvalue weighted by atomic mass is 10.3. The van der Waals surface area contributed by atoms with Gasteiger partial charge in [0, 0.05) is 16.1 Å². The maximum Gasteiger partial charge on any atom is 0.230 e. The van der Waals surface area contributed by atoms with E-state index in [1.54, 1.807) is 29.8 Å². The molecule has 5 heteroatoms. The smallest absolute Gasteiger partial charge is 0.230 e. The van der Waals surface area contributed by atoms with Gasteiger partial charge in [0.1, 0.15) is 0 Å². The first-order valence-electron chi connectivity index (χ1n) is 4.66. The number of nitrogens with zero attached hydrogens (tertiary/aromatic N) is 1. The Bertz CT molecular complexity index is 484. The Labute approximate surface area is 102 Å². The van der Waals surface area contributed by atoms with Gasteiger partial charge in [0.25, 0.3) is 0 Å². The van der Waals surface area contributed by atoms with E-state index in [0.717, 1.165) is 5.69 Å². The van der Waals surface area contributed by atoms with E-state index in [4.69, 9.17) is 11.6 Å². The Morgan fingerprint density at radius 2 is 2.38 bits per heavy atom. The van der Waals surface area contributed by atoms with Crippen LogP contribution in [-0.4, -0.2) is 10.9 Å². The minimum Gasteiger partial charge on any atom is -0.326 e. The molecule has 0 bridgehead atoms. The Morgan fingerprint density at radius 3 is 3.06 bits per heavy atom. The summed E-state index contributed by atoms with van der Waals surface area (Å²) in [5, 5.41) is 5.22. The van der Waals surface area contributed by atoms with Gasteiger partial charge in [-0.15, -0.1) is 11.3 Å². The van der Waals surface area contributed by atoms with Gasteiger partial charge in [-0.3, -0.25) is 4.79 Å². The molecule has 0 spiro atoms. The quantitative estimate of drug-likeness (QED) is 0.913. The first-order chi connectivity index (χ1) is 7.74. The Kier molecular flexibility index (Phi) is 3.54. The second-order valence-electron chi connectivity index (χ2n) is 3.22. The summed E-state index contributed by atoms with van der Waals surface area (Å²) in [7, 11) is 0. The lowest BCUT2D eigenvalue weighted by molar-refractivity contribution is -0.115. The predicted octanol–water partition coefficient (Wildman–Crippen LogP) is 2.98. The van der Waals surface area contributed by atoms with Crippen LogP contribution in [0.4, 0.5) is 5.69 Å². The maximum atomic E-state index is 11.6. The van der Waals surface area contributed by atoms with Crippen LogP contribution >= 0.6 is 22.9 Å². The minimum absolute atomic E-state index is 0.0897. The highest BCUT2D eigenvalue weighted by atomic mass is 35.5. The molecule has 3 nitrogen and oxygen atoms in total. The topological polar surface area (TPSA) is 42.0 Å². The van der Waals surface area contributed by atoms with Gasteiger partial charge in [0.05, 0.1) is 17.6 Å². The van der Waals surface area contributed by atoms with Crippen LogP contribution in [0, 0.1) is 0 Å². The van der Waals surface area contributed by atoms with E-state index < -0.39 is 0 Å². The van der Waals surface area contributed by atoms with Gasteiger partial charge in [0.2, 0.25) is 5.91 Å². The number of nitrogens with one attached hydrogen (secondary N) is 1. The normalized spacial score (nSPS) is 10.1. The summed E-state index contributed by atoms with van der Waals surface area (Å²) in [5.41, 5.74) is 3.19. The van der Waals surface area contributed by atoms with Gasteiger partial charge < -0.3 is 5.32 Å². The molecule has 1 heterocycles. The number of rotatable bonds is 3. The average Bonchev–Trinajstić information content (AvgIpc) is 2.70. The molecule has 2 rings (SSSR count). The number of carbonyl (C=O) groups is 1. The second kappa shape index (κ2) is 5.09. The number of carbonyl (C=O) groups excluding carboxylic acids is 1. The summed E-state index contributed by atoms with van der Waals surface area (Å²) in [5.74, 6) is -0.0897. The fourth-order valence-electron chi connectivity index (χ4n) is 1.26. The Balaban J connectivity index is 1.97. The highest BCUT2D eigenvalue weighted by molar-refractivity contribution is 7.07. The SMILES string of the molecule is O=C(Cc1cscn1)Nc1cccc(Cl)c1. The molecule has 16 heavy (non-hydrogen) atoms. The molecule has 1 amide bonds. The molecule has 0 aliphatic heterocycles. The minimum atomic E-state index is -0.0897. The van der Waals surface area contributed by atoms with Crippen molar-refractivity contribution in [2.45, 2.75) is 6.42 Å². The summed E-state index contributed by atoms with van der Waals surface area (Å²) in [6.45, 7) is 0. The molecule has 1 N–H and O–H groups in total. The lowest BCUT2D eigenvalue weighted by Gasteiger charge is -2.03. The Hall–Kier alpha value is -1.39. The third kappa shape index (κ3) is 3.05. The second-order valence-corrected chi connectivity index (χ2v) is 4.37. The van der Waals surface area contributed by atoms with Crippen LogP contribution in [-0.2, 0) is 11.2 Å². The van der Waals surface area contributed by atoms with Crippen LogP contribution in [0.3, 0.4) is 0 Å². The number of amides is 1. The third-order valence-electron chi connectivity index (χ3n) is 1.93. The van der Waals surface area contributed by atoms with E-state index in [0.29, 0.717) is 10.7 Å². The van der Waals surface area contributed by atoms with E-state index >= 15 is 0 Å². The molecule has 0 saturated carbocycles. The summed E-state index contributed by atoms with van der Waals surface area (Å²) >= 11 is 7.29. The van der Waals surface area contributed by atoms with Gasteiger partial charge >= 0.3 is 0 Å². The highest BCUT2D eigenvalue weighted by Gasteiger charge is 2.05. The van der Waals surface area contributed by atoms with Crippen molar-refractivity contribution in [1.29, 1.82) is 0 Å². The molecule has 0 atom stereocenters. The zero-order valence-electron chi connectivity index (χ0n) is 8.31. The van der Waals surface area contributed by atoms with Gasteiger partial charge in [-0.2, -0.15) is 0 Å². The molecule has 0 aliphatic rings. The Morgan fingerprint density at radius 1 is 1.50 bits per heavy atom. The van der Waals surface area contributed by atoms with Crippen molar-refractivity contribution in [1.82, 2.24) is 4.98 Å². The molecule has 0 unspecified atom stereocenters. The van der Waals surface area contributed by atoms with Crippen molar-refractivity contribution < 1.29 is 4.79 Å². The number of thiazole rings is 1. The van der Waals surface area contributed by atoms with Gasteiger partial charge in [-0.05, 0) is 18.2 Å². The fourth-order valence-corrected chi connectivity index (χ4v) is 2.01. The standard InChI is InChI=1S/C11H9ClN2OS/c12-8-2-1-3-9(4-8)14-11(15)5-10-6-16-7-13-10/h1-4,6-7H,5H2,(H,14,15). The summed E-state index contributed by atoms with van der Waals surface area (Å²) < 4.78 is 0. The van der Waals surface area contributed by atoms with Crippen LogP contribution in [0.1, 0.15) is 5.69 Å². The number of hydrogen-bond donors (Lipinski definition) is 1. The number of hydrogen-bond acceptors (Lipinski definition) is 3. The van der Waals surface area contributed by atoms with E-state index in [2.05, 4.69) is 10.3 Å². The maximum absolute atomic E-state index is 11.6. The first-order valence-corrected chi connectivity index (χ1v) is 5.98. The zero-order chi connectivity index (χ0) is 11.4. The van der Waals surface area contributed by atoms with E-state index in [9.17, 15) is 4.79 Å². The summed E-state index contributed by atoms with van der Waals surface area (Å²) in [4.78, 5) is 15.6. The molecule has 2 aromatic rings. The summed E-state index contributed by atoms with van der Waals surface area (Å²) in [6, 6.07) is 7.06. The van der Waals surface area contributed by atoms with Crippen molar-refractivity contribution in [3.05, 3.63) is 45.9 Å². The molecule has 0 fully saturated rings. The number of benzene rings is 1. The largest absolute Gasteiger partial charge is 0.326 e. The van der Waals surface area contributed by atoms with Crippen LogP contribution in [0.2, 0.25) is 5.02 Å². The highest BCUT2D eigenvalue weighted by Crippen LogP contribution is 2.15. The zero-order valence-corrected chi connectivity index (χ0v) is 9.89. The molecule has 1 aromatic heterocycles. The van der Waals surface area contributed by atoms with Crippen molar-refractivity contribution in [2.24, 2.45) is 0 Å². The first kappa shape index (κ1) is 11.1. The van der Waals surface area contributed by atoms with E-state index in [1.165, 1.54) is 11.3 Å². The molecular formula is C11H9ClN2OS. The van der Waals surface area contributed by atoms with Crippen LogP contribution < -0.4 is 5.32 Å². The number of halogens is 1. The van der Waals surface area contributed by atoms with Crippen molar-refractivity contribution in [3.8, 4) is 0 Å². The average molecular weight is 253 g/mol. The molecule has 0 aliphatic carbocycles. The summed E-state index contributed by atoms with van der Waals surface area (Å²) in [6.07, 6.45) is 0.288. The van der Waals surface area contributed by atoms with Gasteiger partial charge in [0.15, 0.2) is 0 Å². The molecular weight excluding hydrogens is 244 g/mol. The molecule has 0 radical (unpaired) electrons. The van der Waals surface area contributed by atoms with Crippen molar-refractivity contribution >= 4 is 34.5 Å². The van der Waals surface area contributed by atoms with E-state index in [1.807, 2.05) is 5.38 Å². The van der Waals surface area contributed by atoms with Crippen molar-refractivity contribution in [3.63, 3.8) is 0 Å². The number of anilines is 1. The molecule has 1 aromatic carbocycles. The predicted molar refractivity (Wildman–Crippen MR) is 65.9 cm³/mol. The van der Waals surface area contributed by atoms with Gasteiger partial charge in [-0.1, -0.05) is 17.7 Å². The van der Waals surface area contributed by atoms with Crippen LogP contribution in [0.25, 0.3) is 0 Å². The van der Waals surface area contributed by atoms with E-state index in [-0.39, 0.29) is 12.3 Å². The molecule has 82 valence electrons. The lowest BCUT2D eigenvalue weighted by Crippen LogP contribution is -2.14.